The number of likely N-dealkylation sites (N-methyl/N-ethyl adjacent to an activating group) is 1. The van der Waals surface area contributed by atoms with Crippen LogP contribution in [0.1, 0.15) is 40.0 Å². The number of rotatable bonds is 5. The van der Waals surface area contributed by atoms with E-state index in [2.05, 4.69) is 10.6 Å². The number of nitrogens with zero attached hydrogens (tertiary/aromatic N) is 2. The monoisotopic (exact) mass is 414 g/mol. The number of ether oxygens (including phenoxy) is 1. The highest BCUT2D eigenvalue weighted by molar-refractivity contribution is 6.24. The molecule has 0 aromatic heterocycles. The molecular weight excluding hydrogens is 392 g/mol. The van der Waals surface area contributed by atoms with Crippen molar-refractivity contribution in [1.82, 2.24) is 20.4 Å². The lowest BCUT2D eigenvalue weighted by Crippen LogP contribution is -2.54. The van der Waals surface area contributed by atoms with Crippen LogP contribution in [0.3, 0.4) is 0 Å². The van der Waals surface area contributed by atoms with Gasteiger partial charge in [0.15, 0.2) is 6.61 Å². The van der Waals surface area contributed by atoms with Gasteiger partial charge >= 0.3 is 0 Å². The molecule has 0 saturated carbocycles. The minimum absolute atomic E-state index is 0.0366. The number of fused-ring (bicyclic) bond motifs is 1. The summed E-state index contributed by atoms with van der Waals surface area (Å²) in [4.78, 5) is 64.4. The quantitative estimate of drug-likeness (QED) is 0.610. The van der Waals surface area contributed by atoms with E-state index in [9.17, 15) is 24.0 Å². The second-order valence-electron chi connectivity index (χ2n) is 7.53. The molecule has 1 aromatic rings. The molecule has 1 aromatic carbocycles. The Bertz CT molecular complexity index is 945. The van der Waals surface area contributed by atoms with Gasteiger partial charge in [-0.3, -0.25) is 34.2 Å². The Morgan fingerprint density at radius 3 is 2.70 bits per heavy atom. The summed E-state index contributed by atoms with van der Waals surface area (Å²) in [6.45, 7) is 0.959. The van der Waals surface area contributed by atoms with Gasteiger partial charge in [-0.15, -0.1) is 0 Å². The van der Waals surface area contributed by atoms with Gasteiger partial charge in [0.1, 0.15) is 11.8 Å². The highest BCUT2D eigenvalue weighted by Gasteiger charge is 2.46. The van der Waals surface area contributed by atoms with Crippen molar-refractivity contribution in [2.24, 2.45) is 0 Å². The number of carbonyl (C=O) groups excluding carboxylic acids is 5. The molecule has 2 saturated heterocycles. The Morgan fingerprint density at radius 1 is 1.20 bits per heavy atom. The molecule has 3 aliphatic rings. The number of piperidine rings is 1. The van der Waals surface area contributed by atoms with E-state index in [4.69, 9.17) is 4.74 Å². The molecule has 10 heteroatoms. The zero-order valence-electron chi connectivity index (χ0n) is 16.5. The van der Waals surface area contributed by atoms with Crippen molar-refractivity contribution in [3.63, 3.8) is 0 Å². The summed E-state index contributed by atoms with van der Waals surface area (Å²) < 4.78 is 5.62. The van der Waals surface area contributed by atoms with Crippen LogP contribution in [0.25, 0.3) is 0 Å². The third-order valence-corrected chi connectivity index (χ3v) is 5.73. The molecular formula is C20H22N4O6. The van der Waals surface area contributed by atoms with E-state index in [1.165, 1.54) is 12.1 Å². The topological polar surface area (TPSA) is 125 Å². The van der Waals surface area contributed by atoms with Crippen LogP contribution in [0.2, 0.25) is 0 Å². The number of likely N-dealkylation sites (tertiary alicyclic amines) is 1. The van der Waals surface area contributed by atoms with Crippen molar-refractivity contribution in [2.45, 2.75) is 31.3 Å². The van der Waals surface area contributed by atoms with Crippen molar-refractivity contribution in [2.75, 3.05) is 26.7 Å². The third kappa shape index (κ3) is 3.43. The van der Waals surface area contributed by atoms with E-state index in [-0.39, 0.29) is 48.3 Å². The van der Waals surface area contributed by atoms with Crippen molar-refractivity contribution >= 4 is 29.5 Å². The van der Waals surface area contributed by atoms with E-state index in [0.717, 1.165) is 11.3 Å². The molecule has 10 nitrogen and oxygen atoms in total. The van der Waals surface area contributed by atoms with Crippen LogP contribution in [0.5, 0.6) is 5.75 Å². The van der Waals surface area contributed by atoms with Crippen molar-refractivity contribution in [3.8, 4) is 5.75 Å². The largest absolute Gasteiger partial charge is 0.483 e. The Morgan fingerprint density at radius 2 is 2.00 bits per heavy atom. The fourth-order valence-electron chi connectivity index (χ4n) is 4.06. The van der Waals surface area contributed by atoms with Crippen LogP contribution < -0.4 is 15.4 Å². The Kier molecular flexibility index (Phi) is 5.25. The van der Waals surface area contributed by atoms with Gasteiger partial charge in [-0.25, -0.2) is 0 Å². The maximum Gasteiger partial charge on any atom is 0.266 e. The fraction of sp³-hybridized carbons (Fsp3) is 0.450. The zero-order valence-corrected chi connectivity index (χ0v) is 16.5. The molecule has 30 heavy (non-hydrogen) atoms. The molecule has 158 valence electrons. The number of hydrogen-bond donors (Lipinski definition) is 2. The van der Waals surface area contributed by atoms with E-state index in [1.54, 1.807) is 11.0 Å². The Balaban J connectivity index is 1.50. The first-order valence-corrected chi connectivity index (χ1v) is 9.83. The van der Waals surface area contributed by atoms with Gasteiger partial charge in [-0.1, -0.05) is 6.07 Å². The summed E-state index contributed by atoms with van der Waals surface area (Å²) in [6, 6.07) is 3.76. The summed E-state index contributed by atoms with van der Waals surface area (Å²) in [5.74, 6) is -2.46. The van der Waals surface area contributed by atoms with Crippen molar-refractivity contribution in [3.05, 3.63) is 29.3 Å². The average Bonchev–Trinajstić information content (AvgIpc) is 3.31. The maximum absolute atomic E-state index is 13.0. The lowest BCUT2D eigenvalue weighted by atomic mass is 10.0. The summed E-state index contributed by atoms with van der Waals surface area (Å²) >= 11 is 0. The van der Waals surface area contributed by atoms with E-state index in [1.807, 2.05) is 7.05 Å². The molecule has 2 fully saturated rings. The van der Waals surface area contributed by atoms with E-state index in [0.29, 0.717) is 13.1 Å². The zero-order chi connectivity index (χ0) is 21.4. The van der Waals surface area contributed by atoms with E-state index >= 15 is 0 Å². The third-order valence-electron chi connectivity index (χ3n) is 5.73. The predicted octanol–water partition coefficient (Wildman–Crippen LogP) is -0.713. The minimum atomic E-state index is -1.05. The van der Waals surface area contributed by atoms with Crippen LogP contribution in [-0.4, -0.2) is 78.2 Å². The second-order valence-corrected chi connectivity index (χ2v) is 7.53. The number of hydrogen-bond acceptors (Lipinski definition) is 7. The molecule has 5 amide bonds. The number of carbonyl (C=O) groups is 5. The smallest absolute Gasteiger partial charge is 0.266 e. The van der Waals surface area contributed by atoms with Crippen LogP contribution >= 0.6 is 0 Å². The molecule has 0 aliphatic carbocycles. The first-order chi connectivity index (χ1) is 14.4. The average molecular weight is 414 g/mol. The fourth-order valence-corrected chi connectivity index (χ4v) is 4.06. The minimum Gasteiger partial charge on any atom is -0.483 e. The predicted molar refractivity (Wildman–Crippen MR) is 103 cm³/mol. The van der Waals surface area contributed by atoms with Gasteiger partial charge in [-0.05, 0) is 32.0 Å². The summed E-state index contributed by atoms with van der Waals surface area (Å²) in [6.07, 6.45) is 0.981. The number of imide groups is 2. The molecule has 0 radical (unpaired) electrons. The number of benzene rings is 1. The van der Waals surface area contributed by atoms with Gasteiger partial charge < -0.3 is 15.0 Å². The normalized spacial score (nSPS) is 23.6. The highest BCUT2D eigenvalue weighted by atomic mass is 16.5. The van der Waals surface area contributed by atoms with Crippen LogP contribution in [0, 0.1) is 0 Å². The van der Waals surface area contributed by atoms with Crippen LogP contribution in [0.15, 0.2) is 18.2 Å². The molecule has 3 aliphatic heterocycles. The molecule has 0 bridgehead atoms. The Hall–Kier alpha value is -3.27. The van der Waals surface area contributed by atoms with Crippen LogP contribution in [-0.2, 0) is 14.4 Å². The van der Waals surface area contributed by atoms with Gasteiger partial charge in [-0.2, -0.15) is 0 Å². The van der Waals surface area contributed by atoms with Gasteiger partial charge in [0.2, 0.25) is 11.8 Å². The maximum atomic E-state index is 13.0. The molecule has 2 atom stereocenters. The molecule has 4 rings (SSSR count). The SMILES string of the molecule is CNC1CCN(C(=O)COc2cccc3c2C(=O)N(C2CCC(=O)NC2=O)C3=O)C1. The van der Waals surface area contributed by atoms with Gasteiger partial charge in [0.25, 0.3) is 17.7 Å². The lowest BCUT2D eigenvalue weighted by molar-refractivity contribution is -0.136. The van der Waals surface area contributed by atoms with Crippen molar-refractivity contribution < 1.29 is 28.7 Å². The molecule has 2 N–H and O–H groups in total. The molecule has 0 spiro atoms. The lowest BCUT2D eigenvalue weighted by Gasteiger charge is -2.27. The number of nitrogens with one attached hydrogen (secondary N) is 2. The van der Waals surface area contributed by atoms with Crippen LogP contribution in [0.4, 0.5) is 0 Å². The van der Waals surface area contributed by atoms with E-state index < -0.39 is 29.7 Å². The first-order valence-electron chi connectivity index (χ1n) is 9.83. The van der Waals surface area contributed by atoms with Gasteiger partial charge in [0.05, 0.1) is 11.1 Å². The summed E-state index contributed by atoms with van der Waals surface area (Å²) in [7, 11) is 1.85. The summed E-state index contributed by atoms with van der Waals surface area (Å²) in [5, 5.41) is 5.29. The first kappa shape index (κ1) is 20.0. The van der Waals surface area contributed by atoms with Gasteiger partial charge in [0, 0.05) is 25.6 Å². The standard InChI is InChI=1S/C20H22N4O6/c1-21-11-7-8-23(9-11)16(26)10-30-14-4-2-3-12-17(14)20(29)24(19(12)28)13-5-6-15(25)22-18(13)27/h2-4,11,13,21H,5-10H2,1H3,(H,22,25,27). The number of amides is 5. The van der Waals surface area contributed by atoms with Crippen molar-refractivity contribution in [1.29, 1.82) is 0 Å². The molecule has 2 unspecified atom stereocenters. The summed E-state index contributed by atoms with van der Waals surface area (Å²) in [5.41, 5.74) is 0.153. The molecule has 3 heterocycles. The highest BCUT2D eigenvalue weighted by Crippen LogP contribution is 2.33. The second kappa shape index (κ2) is 7.86. The Labute approximate surface area is 172 Å².